The molecule has 0 aliphatic heterocycles. The van der Waals surface area contributed by atoms with E-state index in [1.807, 2.05) is 0 Å². The van der Waals surface area contributed by atoms with Crippen molar-refractivity contribution in [3.8, 4) is 0 Å². The van der Waals surface area contributed by atoms with Crippen LogP contribution in [0.1, 0.15) is 116 Å². The Kier molecular flexibility index (Phi) is 26.7. The summed E-state index contributed by atoms with van der Waals surface area (Å²) in [4.78, 5) is 10.4. The zero-order valence-corrected chi connectivity index (χ0v) is 24.6. The molecule has 0 aliphatic rings. The molecule has 0 heterocycles. The number of hydrogen-bond acceptors (Lipinski definition) is 4. The average molecular weight is 473 g/mol. The smallest absolute Gasteiger partial charge is 0.0115 e. The molecule has 4 heteroatoms. The summed E-state index contributed by atoms with van der Waals surface area (Å²) in [6, 6.07) is 2.56. The van der Waals surface area contributed by atoms with Gasteiger partial charge in [0, 0.05) is 50.3 Å². The number of rotatable bonds is 18. The van der Waals surface area contributed by atoms with E-state index in [2.05, 4.69) is 103 Å². The van der Waals surface area contributed by atoms with Crippen LogP contribution in [-0.4, -0.2) is 96.1 Å². The van der Waals surface area contributed by atoms with Crippen LogP contribution in [0.2, 0.25) is 0 Å². The molecule has 33 heavy (non-hydrogen) atoms. The Bertz CT molecular complexity index is 318. The molecule has 0 bridgehead atoms. The van der Waals surface area contributed by atoms with Gasteiger partial charge in [-0.15, -0.1) is 0 Å². The Hall–Kier alpha value is -0.160. The predicted molar refractivity (Wildman–Crippen MR) is 155 cm³/mol. The molecule has 0 rings (SSSR count). The van der Waals surface area contributed by atoms with Crippen molar-refractivity contribution in [2.24, 2.45) is 0 Å². The first-order valence-electron chi connectivity index (χ1n) is 14.0. The summed E-state index contributed by atoms with van der Waals surface area (Å²) in [5.41, 5.74) is 0. The molecule has 204 valence electrons. The van der Waals surface area contributed by atoms with Crippen LogP contribution < -0.4 is 0 Å². The normalized spacial score (nSPS) is 12.0. The Morgan fingerprint density at radius 2 is 0.576 bits per heavy atom. The lowest BCUT2D eigenvalue weighted by atomic mass is 10.2. The lowest BCUT2D eigenvalue weighted by Crippen LogP contribution is -2.46. The van der Waals surface area contributed by atoms with Gasteiger partial charge in [-0.1, -0.05) is 35.1 Å². The molecule has 0 atom stereocenters. The molecule has 0 aromatic carbocycles. The van der Waals surface area contributed by atoms with E-state index < -0.39 is 0 Å². The van der Waals surface area contributed by atoms with Crippen LogP contribution in [-0.2, 0) is 0 Å². The number of hydrogen-bond donors (Lipinski definition) is 0. The summed E-state index contributed by atoms with van der Waals surface area (Å²) < 4.78 is 0. The predicted octanol–water partition coefficient (Wildman–Crippen LogP) is 7.09. The van der Waals surface area contributed by atoms with Crippen LogP contribution in [0.4, 0.5) is 0 Å². The molecule has 0 spiro atoms. The van der Waals surface area contributed by atoms with E-state index in [-0.39, 0.29) is 7.43 Å². The van der Waals surface area contributed by atoms with Crippen molar-refractivity contribution < 1.29 is 0 Å². The SMILES string of the molecule is C.CC(C)N(CCN(C(C)C)C(C)C)C(C)C.CCCN(CCC)CCN(CCC)CCC. The van der Waals surface area contributed by atoms with Gasteiger partial charge < -0.3 is 9.80 Å². The van der Waals surface area contributed by atoms with E-state index >= 15 is 0 Å². The maximum atomic E-state index is 2.61. The maximum Gasteiger partial charge on any atom is 0.0115 e. The average Bonchev–Trinajstić information content (AvgIpc) is 2.69. The summed E-state index contributed by atoms with van der Waals surface area (Å²) in [5.74, 6) is 0. The van der Waals surface area contributed by atoms with E-state index in [9.17, 15) is 0 Å². The molecule has 0 saturated heterocycles. The molecule has 0 aromatic heterocycles. The van der Waals surface area contributed by atoms with Crippen molar-refractivity contribution in [3.63, 3.8) is 0 Å². The lowest BCUT2D eigenvalue weighted by molar-refractivity contribution is 0.111. The fourth-order valence-corrected chi connectivity index (χ4v) is 4.67. The second kappa shape index (κ2) is 23.6. The van der Waals surface area contributed by atoms with Gasteiger partial charge in [-0.05, 0) is 107 Å². The minimum absolute atomic E-state index is 0. The van der Waals surface area contributed by atoms with E-state index in [0.29, 0.717) is 24.2 Å². The third-order valence-corrected chi connectivity index (χ3v) is 6.16. The van der Waals surface area contributed by atoms with Gasteiger partial charge >= 0.3 is 0 Å². The van der Waals surface area contributed by atoms with E-state index in [4.69, 9.17) is 0 Å². The molecule has 4 nitrogen and oxygen atoms in total. The third kappa shape index (κ3) is 19.8. The fraction of sp³-hybridized carbons (Fsp3) is 1.00. The van der Waals surface area contributed by atoms with Gasteiger partial charge in [0.05, 0.1) is 0 Å². The first-order valence-corrected chi connectivity index (χ1v) is 14.0. The van der Waals surface area contributed by atoms with Gasteiger partial charge in [0.2, 0.25) is 0 Å². The van der Waals surface area contributed by atoms with Gasteiger partial charge in [-0.2, -0.15) is 0 Å². The zero-order valence-electron chi connectivity index (χ0n) is 24.6. The summed E-state index contributed by atoms with van der Waals surface area (Å²) in [5, 5.41) is 0. The van der Waals surface area contributed by atoms with Crippen LogP contribution >= 0.6 is 0 Å². The van der Waals surface area contributed by atoms with E-state index in [0.717, 1.165) is 0 Å². The Labute approximate surface area is 212 Å². The van der Waals surface area contributed by atoms with Crippen molar-refractivity contribution >= 4 is 0 Å². The van der Waals surface area contributed by atoms with Crippen LogP contribution in [0.15, 0.2) is 0 Å². The highest BCUT2D eigenvalue weighted by Gasteiger charge is 2.18. The first kappa shape index (κ1) is 37.4. The number of nitrogens with zero attached hydrogens (tertiary/aromatic N) is 4. The standard InChI is InChI=1S/2C14H32N2.CH4/c1-11(2)15(12(3)4)9-10-16(13(5)6)14(7)8;1-5-9-15(10-6-2)13-14-16(11-7-3)12-8-4;/h11-14H,9-10H2,1-8H3;5-14H2,1-4H3;1H4. The summed E-state index contributed by atoms with van der Waals surface area (Å²) in [7, 11) is 0. The largest absolute Gasteiger partial charge is 0.302 e. The lowest BCUT2D eigenvalue weighted by Gasteiger charge is -2.36. The highest BCUT2D eigenvalue weighted by Crippen LogP contribution is 2.09. The van der Waals surface area contributed by atoms with Gasteiger partial charge in [-0.25, -0.2) is 0 Å². The van der Waals surface area contributed by atoms with Crippen molar-refractivity contribution in [2.45, 2.75) is 140 Å². The molecule has 0 fully saturated rings. The van der Waals surface area contributed by atoms with Crippen molar-refractivity contribution in [3.05, 3.63) is 0 Å². The molecule has 0 radical (unpaired) electrons. The fourth-order valence-electron chi connectivity index (χ4n) is 4.67. The molecule has 0 amide bonds. The van der Waals surface area contributed by atoms with Gasteiger partial charge in [0.1, 0.15) is 0 Å². The van der Waals surface area contributed by atoms with Crippen LogP contribution in [0.25, 0.3) is 0 Å². The van der Waals surface area contributed by atoms with Gasteiger partial charge in [0.15, 0.2) is 0 Å². The van der Waals surface area contributed by atoms with Crippen LogP contribution in [0.3, 0.4) is 0 Å². The summed E-state index contributed by atoms with van der Waals surface area (Å²) in [6.07, 6.45) is 5.12. The third-order valence-electron chi connectivity index (χ3n) is 6.16. The van der Waals surface area contributed by atoms with Crippen molar-refractivity contribution in [1.82, 2.24) is 19.6 Å². The molecular weight excluding hydrogens is 404 g/mol. The molecule has 0 saturated carbocycles. The molecular formula is C29H68N4. The molecule has 0 unspecified atom stereocenters. The van der Waals surface area contributed by atoms with Gasteiger partial charge in [0.25, 0.3) is 0 Å². The van der Waals surface area contributed by atoms with Crippen molar-refractivity contribution in [1.29, 1.82) is 0 Å². The monoisotopic (exact) mass is 473 g/mol. The zero-order chi connectivity index (χ0) is 25.1. The van der Waals surface area contributed by atoms with Crippen LogP contribution in [0, 0.1) is 0 Å². The molecule has 0 N–H and O–H groups in total. The van der Waals surface area contributed by atoms with E-state index in [1.165, 1.54) is 78.0 Å². The van der Waals surface area contributed by atoms with Gasteiger partial charge in [-0.3, -0.25) is 9.80 Å². The maximum absolute atomic E-state index is 2.61. The summed E-state index contributed by atoms with van der Waals surface area (Å²) >= 11 is 0. The minimum Gasteiger partial charge on any atom is -0.302 e. The Morgan fingerprint density at radius 1 is 0.364 bits per heavy atom. The quantitative estimate of drug-likeness (QED) is 0.211. The Balaban J connectivity index is -0.000000529. The van der Waals surface area contributed by atoms with Crippen molar-refractivity contribution in [2.75, 3.05) is 52.4 Å². The second-order valence-electron chi connectivity index (χ2n) is 10.5. The van der Waals surface area contributed by atoms with Crippen LogP contribution in [0.5, 0.6) is 0 Å². The second-order valence-corrected chi connectivity index (χ2v) is 10.5. The highest BCUT2D eigenvalue weighted by atomic mass is 15.2. The topological polar surface area (TPSA) is 13.0 Å². The molecule has 0 aliphatic carbocycles. The first-order chi connectivity index (χ1) is 15.0. The highest BCUT2D eigenvalue weighted by molar-refractivity contribution is 4.73. The summed E-state index contributed by atoms with van der Waals surface area (Å²) in [6.45, 7) is 37.3. The Morgan fingerprint density at radius 3 is 0.727 bits per heavy atom. The minimum atomic E-state index is 0. The molecule has 0 aromatic rings. The van der Waals surface area contributed by atoms with E-state index in [1.54, 1.807) is 0 Å².